The summed E-state index contributed by atoms with van der Waals surface area (Å²) in [4.78, 5) is 15.3. The Balaban J connectivity index is 1.33. The zero-order chi connectivity index (χ0) is 23.6. The van der Waals surface area contributed by atoms with E-state index >= 15 is 0 Å². The van der Waals surface area contributed by atoms with Crippen LogP contribution in [0.1, 0.15) is 39.0 Å². The molecule has 10 heteroatoms. The van der Waals surface area contributed by atoms with Crippen molar-refractivity contribution in [2.45, 2.75) is 32.5 Å². The van der Waals surface area contributed by atoms with Crippen LogP contribution in [0, 0.1) is 6.92 Å². The molecule has 4 aliphatic rings. The molecular weight excluding hydrogens is 482 g/mol. The fourth-order valence-corrected chi connectivity index (χ4v) is 7.03. The molecular formula is C24H22ClNO7S. The first-order chi connectivity index (χ1) is 16.3. The number of sulfone groups is 1. The number of ketones is 1. The summed E-state index contributed by atoms with van der Waals surface area (Å²) in [6.07, 6.45) is 2.24. The molecule has 178 valence electrons. The summed E-state index contributed by atoms with van der Waals surface area (Å²) in [5.41, 5.74) is 3.52. The second kappa shape index (κ2) is 7.98. The smallest absolute Gasteiger partial charge is 0.231 e. The third-order valence-corrected chi connectivity index (χ3v) is 8.65. The number of hydrogen-bond donors (Lipinski definition) is 0. The Morgan fingerprint density at radius 1 is 1.12 bits per heavy atom. The van der Waals surface area contributed by atoms with Crippen LogP contribution in [-0.2, 0) is 27.7 Å². The van der Waals surface area contributed by atoms with Gasteiger partial charge in [-0.2, -0.15) is 0 Å². The minimum atomic E-state index is -3.00. The molecule has 2 aromatic rings. The third kappa shape index (κ3) is 3.67. The molecule has 4 heterocycles. The van der Waals surface area contributed by atoms with Crippen LogP contribution >= 0.6 is 11.6 Å². The molecule has 4 aliphatic heterocycles. The number of halogens is 1. The Morgan fingerprint density at radius 3 is 2.76 bits per heavy atom. The lowest BCUT2D eigenvalue weighted by molar-refractivity contribution is -0.0165. The lowest BCUT2D eigenvalue weighted by Crippen LogP contribution is -2.41. The number of carbonyl (C=O) groups excluding carboxylic acids is 1. The Hall–Kier alpha value is -2.59. The maximum absolute atomic E-state index is 13.3. The van der Waals surface area contributed by atoms with E-state index in [0.29, 0.717) is 59.7 Å². The highest BCUT2D eigenvalue weighted by Gasteiger charge is 2.37. The minimum absolute atomic E-state index is 0.0768. The highest BCUT2D eigenvalue weighted by molar-refractivity contribution is 7.91. The Morgan fingerprint density at radius 2 is 1.97 bits per heavy atom. The Bertz CT molecular complexity index is 1370. The van der Waals surface area contributed by atoms with E-state index in [1.165, 1.54) is 0 Å². The van der Waals surface area contributed by atoms with Gasteiger partial charge in [0.15, 0.2) is 22.4 Å². The number of fused-ring (bicyclic) bond motifs is 3. The van der Waals surface area contributed by atoms with Crippen molar-refractivity contribution in [3.8, 4) is 17.2 Å². The van der Waals surface area contributed by atoms with E-state index in [4.69, 9.17) is 30.5 Å². The van der Waals surface area contributed by atoms with E-state index in [9.17, 15) is 13.2 Å². The van der Waals surface area contributed by atoms with Crippen LogP contribution < -0.4 is 14.2 Å². The molecule has 0 aliphatic carbocycles. The molecule has 0 radical (unpaired) electrons. The number of Topliss-reactive ketones (excluding diaryl/α,β-unsaturated/α-hetero) is 1. The fraction of sp³-hybridized carbons (Fsp3) is 0.375. The van der Waals surface area contributed by atoms with E-state index in [1.807, 2.05) is 11.8 Å². The predicted molar refractivity (Wildman–Crippen MR) is 124 cm³/mol. The number of ether oxygens (including phenoxy) is 4. The molecule has 0 saturated carbocycles. The molecule has 6 rings (SSSR count). The van der Waals surface area contributed by atoms with E-state index < -0.39 is 9.84 Å². The van der Waals surface area contributed by atoms with E-state index in [0.717, 1.165) is 16.7 Å². The van der Waals surface area contributed by atoms with Crippen molar-refractivity contribution in [2.24, 2.45) is 0 Å². The first-order valence-corrected chi connectivity index (χ1v) is 13.2. The molecule has 1 fully saturated rings. The summed E-state index contributed by atoms with van der Waals surface area (Å²) < 4.78 is 46.8. The largest absolute Gasteiger partial charge is 0.477 e. The zero-order valence-electron chi connectivity index (χ0n) is 18.4. The van der Waals surface area contributed by atoms with Crippen molar-refractivity contribution in [1.82, 2.24) is 4.90 Å². The first kappa shape index (κ1) is 21.9. The minimum Gasteiger partial charge on any atom is -0.477 e. The summed E-state index contributed by atoms with van der Waals surface area (Å²) in [7, 11) is -3.00. The average Bonchev–Trinajstić information content (AvgIpc) is 3.33. The monoisotopic (exact) mass is 503 g/mol. The Labute approximate surface area is 201 Å². The second-order valence-electron chi connectivity index (χ2n) is 8.98. The number of allylic oxidation sites excluding steroid dienone is 1. The molecule has 2 aromatic carbocycles. The van der Waals surface area contributed by atoms with Gasteiger partial charge in [0.2, 0.25) is 5.78 Å². The van der Waals surface area contributed by atoms with E-state index in [-0.39, 0.29) is 35.9 Å². The molecule has 0 amide bonds. The van der Waals surface area contributed by atoms with Gasteiger partial charge in [0.1, 0.15) is 24.0 Å². The number of benzene rings is 2. The normalized spacial score (nSPS) is 24.1. The maximum atomic E-state index is 13.3. The van der Waals surface area contributed by atoms with E-state index in [2.05, 4.69) is 0 Å². The zero-order valence-corrected chi connectivity index (χ0v) is 20.0. The maximum Gasteiger partial charge on any atom is 0.231 e. The summed E-state index contributed by atoms with van der Waals surface area (Å²) in [5, 5.41) is 0.511. The molecule has 1 unspecified atom stereocenters. The van der Waals surface area contributed by atoms with Crippen LogP contribution in [0.4, 0.5) is 0 Å². The Kier molecular flexibility index (Phi) is 5.14. The summed E-state index contributed by atoms with van der Waals surface area (Å²) in [6.45, 7) is 3.19. The average molecular weight is 504 g/mol. The summed E-state index contributed by atoms with van der Waals surface area (Å²) in [6, 6.07) is 5.23. The van der Waals surface area contributed by atoms with Crippen LogP contribution in [0.15, 0.2) is 24.0 Å². The van der Waals surface area contributed by atoms with Gasteiger partial charge in [0.25, 0.3) is 0 Å². The molecule has 0 spiro atoms. The molecule has 1 atom stereocenters. The van der Waals surface area contributed by atoms with Crippen molar-refractivity contribution < 1.29 is 32.2 Å². The lowest BCUT2D eigenvalue weighted by atomic mass is 9.99. The SMILES string of the molecule is Cc1c2c(cc3c1O/C(=C\c1cc(Cl)cc4c1OCOC4)C3=O)CN(C1CCS(=O)(=O)C1)CO2. The highest BCUT2D eigenvalue weighted by atomic mass is 35.5. The van der Waals surface area contributed by atoms with Crippen LogP contribution in [-0.4, -0.2) is 50.2 Å². The number of hydrogen-bond acceptors (Lipinski definition) is 8. The first-order valence-electron chi connectivity index (χ1n) is 11.0. The van der Waals surface area contributed by atoms with Crippen LogP contribution in [0.25, 0.3) is 6.08 Å². The third-order valence-electron chi connectivity index (χ3n) is 6.68. The van der Waals surface area contributed by atoms with E-state index in [1.54, 1.807) is 24.3 Å². The quantitative estimate of drug-likeness (QED) is 0.575. The van der Waals surface area contributed by atoms with Crippen molar-refractivity contribution in [2.75, 3.05) is 25.0 Å². The van der Waals surface area contributed by atoms with Gasteiger partial charge in [-0.25, -0.2) is 8.42 Å². The number of carbonyl (C=O) groups is 1. The van der Waals surface area contributed by atoms with Gasteiger partial charge in [-0.15, -0.1) is 0 Å². The van der Waals surface area contributed by atoms with Gasteiger partial charge >= 0.3 is 0 Å². The van der Waals surface area contributed by atoms with Gasteiger partial charge in [0.05, 0.1) is 23.7 Å². The van der Waals surface area contributed by atoms with Crippen molar-refractivity contribution >= 4 is 33.3 Å². The second-order valence-corrected chi connectivity index (χ2v) is 11.6. The van der Waals surface area contributed by atoms with Crippen LogP contribution in [0.3, 0.4) is 0 Å². The van der Waals surface area contributed by atoms with Crippen molar-refractivity contribution in [3.63, 3.8) is 0 Å². The molecule has 34 heavy (non-hydrogen) atoms. The number of nitrogens with zero attached hydrogens (tertiary/aromatic N) is 1. The van der Waals surface area contributed by atoms with Gasteiger partial charge < -0.3 is 18.9 Å². The standard InChI is InChI=1S/C24H22ClNO7S/c1-13-22-15(8-26(11-31-22)18-2-3-34(28,29)10-18)6-19-21(27)20(33-23(13)19)7-14-4-17(25)5-16-9-30-12-32-24(14)16/h4-7,18H,2-3,8-12H2,1H3/b20-7-. The predicted octanol–water partition coefficient (Wildman–Crippen LogP) is 3.47. The van der Waals surface area contributed by atoms with Crippen LogP contribution in [0.2, 0.25) is 5.02 Å². The summed E-state index contributed by atoms with van der Waals surface area (Å²) >= 11 is 6.26. The van der Waals surface area contributed by atoms with Gasteiger partial charge in [-0.1, -0.05) is 11.6 Å². The molecule has 1 saturated heterocycles. The van der Waals surface area contributed by atoms with Gasteiger partial charge in [-0.3, -0.25) is 9.69 Å². The van der Waals surface area contributed by atoms with Crippen molar-refractivity contribution in [1.29, 1.82) is 0 Å². The molecule has 0 bridgehead atoms. The fourth-order valence-electron chi connectivity index (χ4n) is 5.02. The van der Waals surface area contributed by atoms with Crippen LogP contribution in [0.5, 0.6) is 17.2 Å². The molecule has 0 N–H and O–H groups in total. The van der Waals surface area contributed by atoms with Gasteiger partial charge in [-0.05, 0) is 37.6 Å². The summed E-state index contributed by atoms with van der Waals surface area (Å²) in [5.74, 6) is 2.07. The van der Waals surface area contributed by atoms with Crippen molar-refractivity contribution in [3.05, 3.63) is 56.8 Å². The molecule has 0 aromatic heterocycles. The highest BCUT2D eigenvalue weighted by Crippen LogP contribution is 2.44. The topological polar surface area (TPSA) is 91.4 Å². The lowest BCUT2D eigenvalue weighted by Gasteiger charge is -2.33. The van der Waals surface area contributed by atoms with Gasteiger partial charge in [0, 0.05) is 39.9 Å². The molecule has 8 nitrogen and oxygen atoms in total. The number of rotatable bonds is 2.